The number of ether oxygens (including phenoxy) is 1. The Hall–Kier alpha value is -2.04. The number of hydrogen-bond acceptors (Lipinski definition) is 3. The Labute approximate surface area is 98.6 Å². The number of hydrogen-bond donors (Lipinski definition) is 1. The number of aldehydes is 1. The van der Waals surface area contributed by atoms with Gasteiger partial charge in [0.2, 0.25) is 0 Å². The van der Waals surface area contributed by atoms with E-state index in [2.05, 4.69) is 0 Å². The molecule has 90 valence electrons. The monoisotopic (exact) mass is 235 g/mol. The van der Waals surface area contributed by atoms with Crippen LogP contribution in [0.25, 0.3) is 0 Å². The minimum Gasteiger partial charge on any atom is -0.487 e. The molecule has 0 aromatic heterocycles. The van der Waals surface area contributed by atoms with Crippen molar-refractivity contribution in [2.45, 2.75) is 13.0 Å². The lowest BCUT2D eigenvalue weighted by molar-refractivity contribution is 0.0252. The average Bonchev–Trinajstić information content (AvgIpc) is 2.22. The van der Waals surface area contributed by atoms with E-state index in [1.54, 1.807) is 18.2 Å². The van der Waals surface area contributed by atoms with Crippen LogP contribution in [0, 0.1) is 6.92 Å². The van der Waals surface area contributed by atoms with Gasteiger partial charge < -0.3 is 14.7 Å². The minimum absolute atomic E-state index is 0.0902. The van der Waals surface area contributed by atoms with Gasteiger partial charge in [-0.1, -0.05) is 0 Å². The number of benzene rings is 1. The highest BCUT2D eigenvalue weighted by Crippen LogP contribution is 2.20. The smallest absolute Gasteiger partial charge is 0.407 e. The van der Waals surface area contributed by atoms with Crippen molar-refractivity contribution in [3.8, 4) is 5.75 Å². The summed E-state index contributed by atoms with van der Waals surface area (Å²) in [5.74, 6) is 0.670. The van der Waals surface area contributed by atoms with E-state index in [1.165, 1.54) is 4.90 Å². The van der Waals surface area contributed by atoms with Crippen LogP contribution in [0.2, 0.25) is 0 Å². The normalized spacial score (nSPS) is 15.2. The highest BCUT2D eigenvalue weighted by Gasteiger charge is 2.32. The van der Waals surface area contributed by atoms with Crippen LogP contribution >= 0.6 is 0 Å². The Bertz CT molecular complexity index is 452. The van der Waals surface area contributed by atoms with E-state index in [4.69, 9.17) is 9.84 Å². The minimum atomic E-state index is -0.919. The molecule has 5 nitrogen and oxygen atoms in total. The van der Waals surface area contributed by atoms with Crippen molar-refractivity contribution in [3.63, 3.8) is 0 Å². The molecular weight excluding hydrogens is 222 g/mol. The summed E-state index contributed by atoms with van der Waals surface area (Å²) in [6.45, 7) is 2.62. The molecule has 1 aliphatic rings. The van der Waals surface area contributed by atoms with Gasteiger partial charge in [-0.15, -0.1) is 0 Å². The Morgan fingerprint density at radius 1 is 1.53 bits per heavy atom. The number of amides is 1. The second-order valence-corrected chi connectivity index (χ2v) is 4.06. The third-order valence-electron chi connectivity index (χ3n) is 2.79. The summed E-state index contributed by atoms with van der Waals surface area (Å²) in [5, 5.41) is 8.66. The predicted molar refractivity (Wildman–Crippen MR) is 60.6 cm³/mol. The number of carboxylic acid groups (broad SMARTS) is 1. The molecule has 0 radical (unpaired) electrons. The Morgan fingerprint density at radius 2 is 2.24 bits per heavy atom. The molecule has 17 heavy (non-hydrogen) atoms. The van der Waals surface area contributed by atoms with Gasteiger partial charge in [-0.2, -0.15) is 0 Å². The molecule has 1 aromatic rings. The molecule has 1 N–H and O–H groups in total. The average molecular weight is 235 g/mol. The zero-order valence-electron chi connectivity index (χ0n) is 9.42. The number of nitrogens with zero attached hydrogens (tertiary/aromatic N) is 1. The maximum Gasteiger partial charge on any atom is 0.407 e. The molecule has 0 spiro atoms. The van der Waals surface area contributed by atoms with Gasteiger partial charge in [0.25, 0.3) is 0 Å². The Kier molecular flexibility index (Phi) is 2.99. The highest BCUT2D eigenvalue weighted by atomic mass is 16.5. The molecule has 0 saturated carbocycles. The van der Waals surface area contributed by atoms with Crippen LogP contribution in [0.5, 0.6) is 5.75 Å². The number of carbonyl (C=O) groups is 2. The van der Waals surface area contributed by atoms with Crippen molar-refractivity contribution in [3.05, 3.63) is 29.3 Å². The largest absolute Gasteiger partial charge is 0.487 e. The molecule has 0 aliphatic carbocycles. The predicted octanol–water partition coefficient (Wildman–Crippen LogP) is 1.55. The maximum atomic E-state index is 10.6. The van der Waals surface area contributed by atoms with Crippen molar-refractivity contribution in [2.75, 3.05) is 13.1 Å². The van der Waals surface area contributed by atoms with Crippen molar-refractivity contribution in [2.24, 2.45) is 0 Å². The molecule has 1 aromatic carbocycles. The third-order valence-corrected chi connectivity index (χ3v) is 2.79. The van der Waals surface area contributed by atoms with Crippen LogP contribution in [-0.2, 0) is 0 Å². The molecule has 1 aliphatic heterocycles. The van der Waals surface area contributed by atoms with E-state index in [1.807, 2.05) is 6.92 Å². The number of aryl methyl sites for hydroxylation is 1. The zero-order chi connectivity index (χ0) is 12.4. The number of likely N-dealkylation sites (tertiary alicyclic amines) is 1. The van der Waals surface area contributed by atoms with Crippen LogP contribution < -0.4 is 4.74 Å². The van der Waals surface area contributed by atoms with Gasteiger partial charge in [-0.3, -0.25) is 4.79 Å². The van der Waals surface area contributed by atoms with E-state index in [0.717, 1.165) is 11.8 Å². The Balaban J connectivity index is 1.95. The van der Waals surface area contributed by atoms with Crippen LogP contribution in [0.15, 0.2) is 18.2 Å². The van der Waals surface area contributed by atoms with Crippen molar-refractivity contribution < 1.29 is 19.4 Å². The summed E-state index contributed by atoms with van der Waals surface area (Å²) in [5.41, 5.74) is 1.49. The van der Waals surface area contributed by atoms with Crippen molar-refractivity contribution in [1.29, 1.82) is 0 Å². The molecule has 1 fully saturated rings. The second-order valence-electron chi connectivity index (χ2n) is 4.06. The first-order valence-electron chi connectivity index (χ1n) is 5.30. The highest BCUT2D eigenvalue weighted by molar-refractivity contribution is 5.77. The van der Waals surface area contributed by atoms with Crippen LogP contribution in [0.3, 0.4) is 0 Å². The Morgan fingerprint density at radius 3 is 2.76 bits per heavy atom. The van der Waals surface area contributed by atoms with Crippen LogP contribution in [-0.4, -0.2) is 41.6 Å². The van der Waals surface area contributed by atoms with E-state index in [-0.39, 0.29) is 6.10 Å². The third kappa shape index (κ3) is 2.38. The first-order chi connectivity index (χ1) is 8.10. The fourth-order valence-electron chi connectivity index (χ4n) is 1.72. The summed E-state index contributed by atoms with van der Waals surface area (Å²) < 4.78 is 5.59. The van der Waals surface area contributed by atoms with Gasteiger partial charge >= 0.3 is 6.09 Å². The van der Waals surface area contributed by atoms with Crippen LogP contribution in [0.4, 0.5) is 4.79 Å². The SMILES string of the molecule is Cc1cc(OC2CN(C(=O)O)C2)ccc1C=O. The first kappa shape index (κ1) is 11.4. The molecule has 5 heteroatoms. The van der Waals surface area contributed by atoms with Gasteiger partial charge in [0, 0.05) is 5.56 Å². The van der Waals surface area contributed by atoms with Gasteiger partial charge in [0.1, 0.15) is 18.1 Å². The lowest BCUT2D eigenvalue weighted by Crippen LogP contribution is -2.55. The second kappa shape index (κ2) is 4.45. The fourth-order valence-corrected chi connectivity index (χ4v) is 1.72. The van der Waals surface area contributed by atoms with Crippen LogP contribution in [0.1, 0.15) is 15.9 Å². The molecular formula is C12H13NO4. The summed E-state index contributed by atoms with van der Waals surface area (Å²) in [6, 6.07) is 5.21. The molecule has 0 atom stereocenters. The fraction of sp³-hybridized carbons (Fsp3) is 0.333. The van der Waals surface area contributed by atoms with Gasteiger partial charge in [-0.25, -0.2) is 4.79 Å². The molecule has 1 saturated heterocycles. The molecule has 1 amide bonds. The van der Waals surface area contributed by atoms with E-state index in [0.29, 0.717) is 24.4 Å². The molecule has 0 bridgehead atoms. The molecule has 1 heterocycles. The van der Waals surface area contributed by atoms with Gasteiger partial charge in [0.15, 0.2) is 0 Å². The quantitative estimate of drug-likeness (QED) is 0.807. The van der Waals surface area contributed by atoms with E-state index in [9.17, 15) is 9.59 Å². The van der Waals surface area contributed by atoms with Crippen molar-refractivity contribution in [1.82, 2.24) is 4.90 Å². The summed E-state index contributed by atoms with van der Waals surface area (Å²) in [6.07, 6.45) is -0.209. The first-order valence-corrected chi connectivity index (χ1v) is 5.30. The standard InChI is InChI=1S/C12H13NO4/c1-8-4-10(3-2-9(8)7-14)17-11-5-13(6-11)12(15)16/h2-4,7,11H,5-6H2,1H3,(H,15,16). The summed E-state index contributed by atoms with van der Waals surface area (Å²) >= 11 is 0. The summed E-state index contributed by atoms with van der Waals surface area (Å²) in [4.78, 5) is 22.5. The van der Waals surface area contributed by atoms with Gasteiger partial charge in [-0.05, 0) is 30.7 Å². The summed E-state index contributed by atoms with van der Waals surface area (Å²) in [7, 11) is 0. The van der Waals surface area contributed by atoms with E-state index < -0.39 is 6.09 Å². The van der Waals surface area contributed by atoms with E-state index >= 15 is 0 Å². The maximum absolute atomic E-state index is 10.6. The lowest BCUT2D eigenvalue weighted by atomic mass is 10.1. The number of rotatable bonds is 3. The lowest BCUT2D eigenvalue weighted by Gasteiger charge is -2.36. The molecule has 0 unspecified atom stereocenters. The number of carbonyl (C=O) groups excluding carboxylic acids is 1. The van der Waals surface area contributed by atoms with Gasteiger partial charge in [0.05, 0.1) is 13.1 Å². The molecule has 2 rings (SSSR count). The van der Waals surface area contributed by atoms with Crippen molar-refractivity contribution >= 4 is 12.4 Å². The topological polar surface area (TPSA) is 66.8 Å². The zero-order valence-corrected chi connectivity index (χ0v) is 9.42.